The van der Waals surface area contributed by atoms with Crippen LogP contribution in [-0.2, 0) is 6.42 Å². The van der Waals surface area contributed by atoms with Crippen LogP contribution in [0.15, 0.2) is 18.2 Å². The van der Waals surface area contributed by atoms with Crippen molar-refractivity contribution in [2.75, 3.05) is 13.1 Å². The minimum Gasteiger partial charge on any atom is -0.324 e. The van der Waals surface area contributed by atoms with Crippen molar-refractivity contribution in [3.05, 3.63) is 29.0 Å². The van der Waals surface area contributed by atoms with Crippen LogP contribution in [0, 0.1) is 5.92 Å². The summed E-state index contributed by atoms with van der Waals surface area (Å²) >= 11 is 6.40. The van der Waals surface area contributed by atoms with Crippen molar-refractivity contribution < 1.29 is 0 Å². The molecular weight excluding hydrogens is 282 g/mol. The summed E-state index contributed by atoms with van der Waals surface area (Å²) < 4.78 is 2.31. The van der Waals surface area contributed by atoms with Crippen LogP contribution in [0.2, 0.25) is 5.02 Å². The number of hydrogen-bond donors (Lipinski definition) is 1. The van der Waals surface area contributed by atoms with Crippen molar-refractivity contribution in [3.8, 4) is 0 Å². The molecule has 0 amide bonds. The highest BCUT2D eigenvalue weighted by atomic mass is 35.5. The van der Waals surface area contributed by atoms with E-state index in [2.05, 4.69) is 29.8 Å². The second-order valence-corrected chi connectivity index (χ2v) is 6.76. The van der Waals surface area contributed by atoms with E-state index in [1.54, 1.807) is 0 Å². The highest BCUT2D eigenvalue weighted by Gasteiger charge is 2.18. The molecule has 114 valence electrons. The average molecular weight is 306 g/mol. The highest BCUT2D eigenvalue weighted by molar-refractivity contribution is 6.35. The maximum absolute atomic E-state index is 6.40. The zero-order valence-electron chi connectivity index (χ0n) is 12.9. The molecule has 1 unspecified atom stereocenters. The quantitative estimate of drug-likeness (QED) is 0.917. The Bertz CT molecular complexity index is 612. The number of benzene rings is 1. The number of rotatable bonds is 4. The van der Waals surface area contributed by atoms with Crippen molar-refractivity contribution in [1.29, 1.82) is 0 Å². The lowest BCUT2D eigenvalue weighted by molar-refractivity contribution is 0.354. The Morgan fingerprint density at radius 3 is 3.00 bits per heavy atom. The summed E-state index contributed by atoms with van der Waals surface area (Å²) in [6.07, 6.45) is 4.89. The van der Waals surface area contributed by atoms with Crippen LogP contribution in [-0.4, -0.2) is 22.6 Å². The van der Waals surface area contributed by atoms with Gasteiger partial charge in [-0.1, -0.05) is 17.7 Å². The zero-order valence-corrected chi connectivity index (χ0v) is 13.7. The topological polar surface area (TPSA) is 29.9 Å². The fraction of sp³-hybridized carbons (Fsp3) is 0.588. The van der Waals surface area contributed by atoms with E-state index in [1.165, 1.54) is 31.6 Å². The SMILES string of the molecule is CC(C)n1c(CCC2CCCNC2)nc2cccc(Cl)c21. The Hall–Kier alpha value is -1.06. The van der Waals surface area contributed by atoms with Crippen molar-refractivity contribution in [3.63, 3.8) is 0 Å². The number of halogens is 1. The molecule has 1 atom stereocenters. The first kappa shape index (κ1) is 14.9. The molecule has 0 aliphatic carbocycles. The first-order valence-electron chi connectivity index (χ1n) is 8.03. The van der Waals surface area contributed by atoms with Gasteiger partial charge in [0, 0.05) is 12.5 Å². The fourth-order valence-corrected chi connectivity index (χ4v) is 3.65. The van der Waals surface area contributed by atoms with Gasteiger partial charge < -0.3 is 9.88 Å². The van der Waals surface area contributed by atoms with Gasteiger partial charge in [-0.2, -0.15) is 0 Å². The largest absolute Gasteiger partial charge is 0.324 e. The maximum Gasteiger partial charge on any atom is 0.110 e. The molecule has 1 aliphatic rings. The average Bonchev–Trinajstić information content (AvgIpc) is 2.86. The minimum absolute atomic E-state index is 0.384. The van der Waals surface area contributed by atoms with E-state index in [-0.39, 0.29) is 0 Å². The summed E-state index contributed by atoms with van der Waals surface area (Å²) in [5, 5.41) is 4.30. The second kappa shape index (κ2) is 6.37. The van der Waals surface area contributed by atoms with Gasteiger partial charge >= 0.3 is 0 Å². The molecule has 1 saturated heterocycles. The molecule has 0 saturated carbocycles. The Kier molecular flexibility index (Phi) is 4.51. The van der Waals surface area contributed by atoms with E-state index >= 15 is 0 Å². The molecule has 1 fully saturated rings. The monoisotopic (exact) mass is 305 g/mol. The van der Waals surface area contributed by atoms with Gasteiger partial charge in [-0.3, -0.25) is 0 Å². The summed E-state index contributed by atoms with van der Waals surface area (Å²) in [6, 6.07) is 6.39. The number of fused-ring (bicyclic) bond motifs is 1. The molecule has 1 N–H and O–H groups in total. The summed E-state index contributed by atoms with van der Waals surface area (Å²) in [4.78, 5) is 4.84. The van der Waals surface area contributed by atoms with Gasteiger partial charge in [0.25, 0.3) is 0 Å². The summed E-state index contributed by atoms with van der Waals surface area (Å²) in [7, 11) is 0. The molecule has 2 heterocycles. The number of nitrogens with one attached hydrogen (secondary N) is 1. The van der Waals surface area contributed by atoms with Crippen molar-refractivity contribution >= 4 is 22.6 Å². The van der Waals surface area contributed by atoms with Gasteiger partial charge in [-0.15, -0.1) is 0 Å². The summed E-state index contributed by atoms with van der Waals surface area (Å²) in [5.74, 6) is 1.97. The number of piperidine rings is 1. The van der Waals surface area contributed by atoms with Crippen LogP contribution in [0.1, 0.15) is 45.0 Å². The number of hydrogen-bond acceptors (Lipinski definition) is 2. The predicted octanol–water partition coefficient (Wildman–Crippen LogP) is 4.20. The van der Waals surface area contributed by atoms with E-state index in [9.17, 15) is 0 Å². The van der Waals surface area contributed by atoms with E-state index in [4.69, 9.17) is 16.6 Å². The predicted molar refractivity (Wildman–Crippen MR) is 89.0 cm³/mol. The molecule has 21 heavy (non-hydrogen) atoms. The van der Waals surface area contributed by atoms with Crippen LogP contribution in [0.4, 0.5) is 0 Å². The standard InChI is InChI=1S/C17H24ClN3/c1-12(2)21-16(9-8-13-5-4-10-19-11-13)20-15-7-3-6-14(18)17(15)21/h3,6-7,12-13,19H,4-5,8-11H2,1-2H3. The fourth-order valence-electron chi connectivity index (χ4n) is 3.39. The lowest BCUT2D eigenvalue weighted by atomic mass is 9.94. The van der Waals surface area contributed by atoms with Crippen LogP contribution >= 0.6 is 11.6 Å². The van der Waals surface area contributed by atoms with Crippen molar-refractivity contribution in [2.24, 2.45) is 5.92 Å². The maximum atomic E-state index is 6.40. The number of imidazole rings is 1. The zero-order chi connectivity index (χ0) is 14.8. The Labute approximate surface area is 131 Å². The van der Waals surface area contributed by atoms with E-state index < -0.39 is 0 Å². The molecular formula is C17H24ClN3. The molecule has 1 aliphatic heterocycles. The smallest absolute Gasteiger partial charge is 0.110 e. The summed E-state index contributed by atoms with van der Waals surface area (Å²) in [5.41, 5.74) is 2.11. The molecule has 1 aromatic heterocycles. The molecule has 4 heteroatoms. The van der Waals surface area contributed by atoms with E-state index in [0.29, 0.717) is 6.04 Å². The highest BCUT2D eigenvalue weighted by Crippen LogP contribution is 2.29. The first-order chi connectivity index (χ1) is 10.2. The van der Waals surface area contributed by atoms with Crippen LogP contribution in [0.5, 0.6) is 0 Å². The lowest BCUT2D eigenvalue weighted by Gasteiger charge is -2.23. The molecule has 2 aromatic rings. The molecule has 0 bridgehead atoms. The Morgan fingerprint density at radius 2 is 2.29 bits per heavy atom. The molecule has 0 radical (unpaired) electrons. The summed E-state index contributed by atoms with van der Waals surface area (Å²) in [6.45, 7) is 6.74. The van der Waals surface area contributed by atoms with E-state index in [0.717, 1.165) is 34.9 Å². The first-order valence-corrected chi connectivity index (χ1v) is 8.40. The third-order valence-corrected chi connectivity index (χ3v) is 4.73. The lowest BCUT2D eigenvalue weighted by Crippen LogP contribution is -2.30. The van der Waals surface area contributed by atoms with Gasteiger partial charge in [-0.25, -0.2) is 4.98 Å². The molecule has 3 rings (SSSR count). The van der Waals surface area contributed by atoms with Crippen LogP contribution < -0.4 is 5.32 Å². The third kappa shape index (κ3) is 3.09. The number of aromatic nitrogens is 2. The number of aryl methyl sites for hydroxylation is 1. The van der Waals surface area contributed by atoms with Crippen LogP contribution in [0.3, 0.4) is 0 Å². The second-order valence-electron chi connectivity index (χ2n) is 6.35. The van der Waals surface area contributed by atoms with Gasteiger partial charge in [0.05, 0.1) is 16.1 Å². The van der Waals surface area contributed by atoms with Gasteiger partial charge in [0.15, 0.2) is 0 Å². The van der Waals surface area contributed by atoms with Crippen molar-refractivity contribution in [2.45, 2.75) is 45.6 Å². The van der Waals surface area contributed by atoms with E-state index in [1.807, 2.05) is 12.1 Å². The van der Waals surface area contributed by atoms with Crippen molar-refractivity contribution in [1.82, 2.24) is 14.9 Å². The Morgan fingerprint density at radius 1 is 1.43 bits per heavy atom. The Balaban J connectivity index is 1.87. The molecule has 3 nitrogen and oxygen atoms in total. The normalized spacial score (nSPS) is 19.5. The van der Waals surface area contributed by atoms with Gasteiger partial charge in [-0.05, 0) is 64.3 Å². The number of nitrogens with zero attached hydrogens (tertiary/aromatic N) is 2. The molecule has 0 spiro atoms. The van der Waals surface area contributed by atoms with Gasteiger partial charge in [0.1, 0.15) is 5.82 Å². The van der Waals surface area contributed by atoms with Crippen LogP contribution in [0.25, 0.3) is 11.0 Å². The van der Waals surface area contributed by atoms with Gasteiger partial charge in [0.2, 0.25) is 0 Å². The third-order valence-electron chi connectivity index (χ3n) is 4.43. The minimum atomic E-state index is 0.384. The number of para-hydroxylation sites is 1. The molecule has 1 aromatic carbocycles.